The Morgan fingerprint density at radius 1 is 1.24 bits per heavy atom. The van der Waals surface area contributed by atoms with Gasteiger partial charge in [0.1, 0.15) is 16.5 Å². The van der Waals surface area contributed by atoms with Gasteiger partial charge in [0.25, 0.3) is 11.8 Å². The summed E-state index contributed by atoms with van der Waals surface area (Å²) in [6, 6.07) is 12.1. The molecule has 1 aromatic carbocycles. The number of rotatable bonds is 4. The van der Waals surface area contributed by atoms with Crippen LogP contribution in [0.4, 0.5) is 11.5 Å². The van der Waals surface area contributed by atoms with E-state index in [4.69, 9.17) is 16.3 Å². The van der Waals surface area contributed by atoms with E-state index in [9.17, 15) is 9.59 Å². The SMILES string of the molecule is COc1nc(N2C[C@H](C)n3ncc(C(=O)Nc4ccccc4)c3C2=O)ccc1Cl. The highest BCUT2D eigenvalue weighted by atomic mass is 35.5. The molecule has 8 nitrogen and oxygen atoms in total. The van der Waals surface area contributed by atoms with Gasteiger partial charge in [-0.05, 0) is 31.2 Å². The fraction of sp³-hybridized carbons (Fsp3) is 0.200. The molecule has 2 amide bonds. The lowest BCUT2D eigenvalue weighted by molar-refractivity contribution is 0.0938. The highest BCUT2D eigenvalue weighted by molar-refractivity contribution is 6.31. The van der Waals surface area contributed by atoms with Crippen molar-refractivity contribution in [3.63, 3.8) is 0 Å². The van der Waals surface area contributed by atoms with E-state index < -0.39 is 5.91 Å². The predicted octanol–water partition coefficient (Wildman–Crippen LogP) is 3.41. The van der Waals surface area contributed by atoms with Gasteiger partial charge in [-0.25, -0.2) is 0 Å². The minimum atomic E-state index is -0.401. The first-order chi connectivity index (χ1) is 14.0. The van der Waals surface area contributed by atoms with Gasteiger partial charge in [-0.1, -0.05) is 29.8 Å². The lowest BCUT2D eigenvalue weighted by Gasteiger charge is -2.31. The molecule has 3 heterocycles. The average Bonchev–Trinajstić information content (AvgIpc) is 3.18. The summed E-state index contributed by atoms with van der Waals surface area (Å²) in [6.07, 6.45) is 1.42. The number of carbonyl (C=O) groups is 2. The van der Waals surface area contributed by atoms with E-state index in [2.05, 4.69) is 15.4 Å². The summed E-state index contributed by atoms with van der Waals surface area (Å²) < 4.78 is 6.73. The number of hydrogen-bond donors (Lipinski definition) is 1. The number of methoxy groups -OCH3 is 1. The largest absolute Gasteiger partial charge is 0.480 e. The standard InChI is InChI=1S/C20H18ClN5O3/c1-12-11-25(16-9-8-15(21)19(24-16)29-2)20(28)17-14(10-22-26(12)17)18(27)23-13-6-4-3-5-7-13/h3-10,12H,11H2,1-2H3,(H,23,27)/t12-/m0/s1. The van der Waals surface area contributed by atoms with Crippen LogP contribution in [-0.2, 0) is 0 Å². The molecule has 0 fully saturated rings. The second kappa shape index (κ2) is 7.56. The van der Waals surface area contributed by atoms with Gasteiger partial charge in [0.05, 0.1) is 24.9 Å². The maximum Gasteiger partial charge on any atom is 0.278 e. The van der Waals surface area contributed by atoms with E-state index in [1.165, 1.54) is 18.2 Å². The van der Waals surface area contributed by atoms with Crippen molar-refractivity contribution in [3.05, 3.63) is 64.9 Å². The van der Waals surface area contributed by atoms with Crippen LogP contribution >= 0.6 is 11.6 Å². The number of para-hydroxylation sites is 1. The Balaban J connectivity index is 1.69. The third kappa shape index (κ3) is 3.42. The van der Waals surface area contributed by atoms with Crippen molar-refractivity contribution in [1.29, 1.82) is 0 Å². The summed E-state index contributed by atoms with van der Waals surface area (Å²) >= 11 is 6.05. The minimum Gasteiger partial charge on any atom is -0.480 e. The number of ether oxygens (including phenoxy) is 1. The van der Waals surface area contributed by atoms with Crippen LogP contribution in [0.3, 0.4) is 0 Å². The first-order valence-electron chi connectivity index (χ1n) is 8.96. The molecule has 0 spiro atoms. The summed E-state index contributed by atoms with van der Waals surface area (Å²) in [5, 5.41) is 7.41. The van der Waals surface area contributed by atoms with E-state index in [0.29, 0.717) is 23.1 Å². The van der Waals surface area contributed by atoms with Crippen LogP contribution in [0.2, 0.25) is 5.02 Å². The molecule has 0 radical (unpaired) electrons. The molecule has 148 valence electrons. The number of nitrogens with zero attached hydrogens (tertiary/aromatic N) is 4. The van der Waals surface area contributed by atoms with Crippen molar-refractivity contribution in [2.75, 3.05) is 23.9 Å². The molecule has 0 saturated carbocycles. The number of amides is 2. The number of halogens is 1. The second-order valence-corrected chi connectivity index (χ2v) is 7.00. The third-order valence-electron chi connectivity index (χ3n) is 4.65. The Bertz CT molecular complexity index is 1080. The number of nitrogens with one attached hydrogen (secondary N) is 1. The van der Waals surface area contributed by atoms with Crippen molar-refractivity contribution in [3.8, 4) is 5.88 Å². The Kier molecular flexibility index (Phi) is 4.94. The maximum atomic E-state index is 13.3. The lowest BCUT2D eigenvalue weighted by Crippen LogP contribution is -2.43. The van der Waals surface area contributed by atoms with Gasteiger partial charge in [-0.2, -0.15) is 10.1 Å². The molecule has 0 saturated heterocycles. The van der Waals surface area contributed by atoms with Gasteiger partial charge in [-0.15, -0.1) is 0 Å². The second-order valence-electron chi connectivity index (χ2n) is 6.60. The number of anilines is 2. The zero-order valence-electron chi connectivity index (χ0n) is 15.8. The van der Waals surface area contributed by atoms with Gasteiger partial charge in [0, 0.05) is 12.2 Å². The van der Waals surface area contributed by atoms with Crippen molar-refractivity contribution < 1.29 is 14.3 Å². The first kappa shape index (κ1) is 18.9. The Labute approximate surface area is 172 Å². The number of hydrogen-bond acceptors (Lipinski definition) is 5. The molecule has 9 heteroatoms. The van der Waals surface area contributed by atoms with Crippen LogP contribution in [0, 0.1) is 0 Å². The molecule has 29 heavy (non-hydrogen) atoms. The summed E-state index contributed by atoms with van der Waals surface area (Å²) in [5.41, 5.74) is 1.05. The molecule has 1 aliphatic heterocycles. The monoisotopic (exact) mass is 411 g/mol. The molecule has 2 aromatic heterocycles. The third-order valence-corrected chi connectivity index (χ3v) is 4.94. The first-order valence-corrected chi connectivity index (χ1v) is 9.33. The summed E-state index contributed by atoms with van der Waals surface area (Å²) in [7, 11) is 1.46. The lowest BCUT2D eigenvalue weighted by atomic mass is 10.1. The Morgan fingerprint density at radius 2 is 2.00 bits per heavy atom. The molecule has 1 N–H and O–H groups in total. The van der Waals surface area contributed by atoms with E-state index in [-0.39, 0.29) is 29.1 Å². The van der Waals surface area contributed by atoms with Gasteiger partial charge >= 0.3 is 0 Å². The van der Waals surface area contributed by atoms with Gasteiger partial charge in [-0.3, -0.25) is 19.2 Å². The number of carbonyl (C=O) groups excluding carboxylic acids is 2. The highest BCUT2D eigenvalue weighted by Crippen LogP contribution is 2.30. The normalized spacial score (nSPS) is 15.8. The topological polar surface area (TPSA) is 89.3 Å². The quantitative estimate of drug-likeness (QED) is 0.710. The van der Waals surface area contributed by atoms with Gasteiger partial charge in [0.2, 0.25) is 5.88 Å². The van der Waals surface area contributed by atoms with Gasteiger partial charge in [0.15, 0.2) is 0 Å². The number of aromatic nitrogens is 3. The number of pyridine rings is 1. The van der Waals surface area contributed by atoms with E-state index in [1.807, 2.05) is 25.1 Å². The van der Waals surface area contributed by atoms with Crippen LogP contribution in [0.15, 0.2) is 48.7 Å². The zero-order valence-corrected chi connectivity index (χ0v) is 16.6. The fourth-order valence-electron chi connectivity index (χ4n) is 3.25. The zero-order chi connectivity index (χ0) is 20.5. The van der Waals surface area contributed by atoms with Crippen LogP contribution in [0.25, 0.3) is 0 Å². The molecular weight excluding hydrogens is 394 g/mol. The van der Waals surface area contributed by atoms with E-state index >= 15 is 0 Å². The smallest absolute Gasteiger partial charge is 0.278 e. The molecule has 4 rings (SSSR count). The predicted molar refractivity (Wildman–Crippen MR) is 109 cm³/mol. The number of fused-ring (bicyclic) bond motifs is 1. The Hall–Kier alpha value is -3.39. The fourth-order valence-corrected chi connectivity index (χ4v) is 3.44. The molecule has 0 bridgehead atoms. The molecular formula is C20H18ClN5O3. The van der Waals surface area contributed by atoms with E-state index in [0.717, 1.165) is 0 Å². The minimum absolute atomic E-state index is 0.149. The van der Waals surface area contributed by atoms with Crippen molar-refractivity contribution in [1.82, 2.24) is 14.8 Å². The molecule has 0 aliphatic carbocycles. The van der Waals surface area contributed by atoms with Crippen molar-refractivity contribution >= 4 is 34.9 Å². The van der Waals surface area contributed by atoms with Crippen LogP contribution in [0.5, 0.6) is 5.88 Å². The van der Waals surface area contributed by atoms with Crippen LogP contribution < -0.4 is 15.0 Å². The highest BCUT2D eigenvalue weighted by Gasteiger charge is 2.36. The van der Waals surface area contributed by atoms with Crippen LogP contribution in [0.1, 0.15) is 33.8 Å². The number of benzene rings is 1. The summed E-state index contributed by atoms with van der Waals surface area (Å²) in [6.45, 7) is 2.27. The van der Waals surface area contributed by atoms with Crippen molar-refractivity contribution in [2.24, 2.45) is 0 Å². The molecule has 1 atom stereocenters. The molecule has 1 aliphatic rings. The average molecular weight is 412 g/mol. The van der Waals surface area contributed by atoms with E-state index in [1.54, 1.807) is 28.9 Å². The molecule has 0 unspecified atom stereocenters. The van der Waals surface area contributed by atoms with Gasteiger partial charge < -0.3 is 10.1 Å². The molecule has 3 aromatic rings. The maximum absolute atomic E-state index is 13.3. The summed E-state index contributed by atoms with van der Waals surface area (Å²) in [5.74, 6) is -0.145. The van der Waals surface area contributed by atoms with Crippen LogP contribution in [-0.4, -0.2) is 40.2 Å². The van der Waals surface area contributed by atoms with Crippen molar-refractivity contribution in [2.45, 2.75) is 13.0 Å². The summed E-state index contributed by atoms with van der Waals surface area (Å²) in [4.78, 5) is 31.9. The Morgan fingerprint density at radius 3 is 2.72 bits per heavy atom.